The third kappa shape index (κ3) is 3.69. The number of hydrogen-bond donors (Lipinski definition) is 0. The zero-order valence-corrected chi connectivity index (χ0v) is 15.1. The number of rotatable bonds is 5. The Labute approximate surface area is 161 Å². The van der Waals surface area contributed by atoms with Crippen LogP contribution in [0.4, 0.5) is 0 Å². The third-order valence-electron chi connectivity index (χ3n) is 4.45. The van der Waals surface area contributed by atoms with E-state index < -0.39 is 5.97 Å². The summed E-state index contributed by atoms with van der Waals surface area (Å²) in [6.45, 7) is 0.428. The highest BCUT2D eigenvalue weighted by Gasteiger charge is 2.18. The number of benzene rings is 3. The van der Waals surface area contributed by atoms with E-state index in [0.717, 1.165) is 11.1 Å². The van der Waals surface area contributed by atoms with E-state index in [1.54, 1.807) is 24.3 Å². The van der Waals surface area contributed by atoms with Gasteiger partial charge in [0, 0.05) is 5.39 Å². The van der Waals surface area contributed by atoms with Crippen molar-refractivity contribution < 1.29 is 9.53 Å². The summed E-state index contributed by atoms with van der Waals surface area (Å²) >= 11 is 0. The zero-order valence-electron chi connectivity index (χ0n) is 15.1. The number of carbonyl (C=O) groups is 1. The maximum Gasteiger partial charge on any atom is 0.359 e. The van der Waals surface area contributed by atoms with Crippen LogP contribution < -0.4 is 5.56 Å². The SMILES string of the molecule is O=C(OCc1ccccc1)c1nn(Cc2ccccc2)c(=O)c2ccccc12. The lowest BCUT2D eigenvalue weighted by Gasteiger charge is -2.11. The van der Waals surface area contributed by atoms with Crippen molar-refractivity contribution in [1.29, 1.82) is 0 Å². The molecule has 0 aliphatic rings. The molecule has 0 aliphatic heterocycles. The summed E-state index contributed by atoms with van der Waals surface area (Å²) in [4.78, 5) is 25.6. The van der Waals surface area contributed by atoms with Crippen molar-refractivity contribution in [3.63, 3.8) is 0 Å². The van der Waals surface area contributed by atoms with Crippen molar-refractivity contribution in [2.45, 2.75) is 13.2 Å². The molecule has 0 spiro atoms. The van der Waals surface area contributed by atoms with Crippen LogP contribution in [-0.4, -0.2) is 15.7 Å². The van der Waals surface area contributed by atoms with Gasteiger partial charge in [0.05, 0.1) is 11.9 Å². The van der Waals surface area contributed by atoms with Crippen molar-refractivity contribution in [2.24, 2.45) is 0 Å². The molecule has 0 radical (unpaired) electrons. The molecule has 0 aliphatic carbocycles. The molecule has 0 saturated carbocycles. The lowest BCUT2D eigenvalue weighted by Crippen LogP contribution is -2.27. The fourth-order valence-electron chi connectivity index (χ4n) is 3.04. The van der Waals surface area contributed by atoms with Crippen LogP contribution in [0.15, 0.2) is 89.7 Å². The van der Waals surface area contributed by atoms with Gasteiger partial charge in [-0.2, -0.15) is 5.10 Å². The van der Waals surface area contributed by atoms with Crippen molar-refractivity contribution in [3.8, 4) is 0 Å². The van der Waals surface area contributed by atoms with E-state index in [0.29, 0.717) is 10.8 Å². The second-order valence-electron chi connectivity index (χ2n) is 6.40. The Morgan fingerprint density at radius 2 is 1.36 bits per heavy atom. The molecular formula is C23H18N2O3. The Hall–Kier alpha value is -3.73. The lowest BCUT2D eigenvalue weighted by molar-refractivity contribution is 0.0465. The molecule has 0 fully saturated rings. The first kappa shape index (κ1) is 17.7. The minimum Gasteiger partial charge on any atom is -0.456 e. The normalized spacial score (nSPS) is 10.7. The molecule has 3 aromatic carbocycles. The van der Waals surface area contributed by atoms with E-state index in [9.17, 15) is 9.59 Å². The first-order valence-electron chi connectivity index (χ1n) is 8.97. The molecule has 0 atom stereocenters. The zero-order chi connectivity index (χ0) is 19.3. The molecule has 0 N–H and O–H groups in total. The molecular weight excluding hydrogens is 352 g/mol. The quantitative estimate of drug-likeness (QED) is 0.501. The number of aromatic nitrogens is 2. The molecule has 0 bridgehead atoms. The molecule has 4 rings (SSSR count). The van der Waals surface area contributed by atoms with Crippen LogP contribution in [0.3, 0.4) is 0 Å². The van der Waals surface area contributed by atoms with Crippen molar-refractivity contribution in [3.05, 3.63) is 112 Å². The van der Waals surface area contributed by atoms with Crippen LogP contribution in [0.2, 0.25) is 0 Å². The summed E-state index contributed by atoms with van der Waals surface area (Å²) < 4.78 is 6.77. The number of carbonyl (C=O) groups excluding carboxylic acids is 1. The highest BCUT2D eigenvalue weighted by Crippen LogP contribution is 2.15. The van der Waals surface area contributed by atoms with E-state index in [1.807, 2.05) is 60.7 Å². The van der Waals surface area contributed by atoms with Gasteiger partial charge in [0.15, 0.2) is 5.69 Å². The number of ether oxygens (including phenoxy) is 1. The lowest BCUT2D eigenvalue weighted by atomic mass is 10.1. The van der Waals surface area contributed by atoms with Crippen molar-refractivity contribution in [2.75, 3.05) is 0 Å². The maximum absolute atomic E-state index is 12.8. The highest BCUT2D eigenvalue weighted by atomic mass is 16.5. The van der Waals surface area contributed by atoms with Gasteiger partial charge in [0.1, 0.15) is 6.61 Å². The summed E-state index contributed by atoms with van der Waals surface area (Å²) in [5, 5.41) is 5.28. The topological polar surface area (TPSA) is 61.2 Å². The smallest absolute Gasteiger partial charge is 0.359 e. The second-order valence-corrected chi connectivity index (χ2v) is 6.40. The Balaban J connectivity index is 1.71. The summed E-state index contributed by atoms with van der Waals surface area (Å²) in [5.74, 6) is -0.554. The van der Waals surface area contributed by atoms with E-state index in [1.165, 1.54) is 4.68 Å². The standard InChI is InChI=1S/C23H18N2O3/c26-22-20-14-8-7-13-19(20)21(23(27)28-16-18-11-5-2-6-12-18)24-25(22)15-17-9-3-1-4-10-17/h1-14H,15-16H2. The van der Waals surface area contributed by atoms with Gasteiger partial charge in [-0.15, -0.1) is 0 Å². The van der Waals surface area contributed by atoms with Gasteiger partial charge < -0.3 is 4.74 Å². The summed E-state index contributed by atoms with van der Waals surface area (Å²) in [7, 11) is 0. The van der Waals surface area contributed by atoms with Crippen LogP contribution in [-0.2, 0) is 17.9 Å². The molecule has 28 heavy (non-hydrogen) atoms. The molecule has 0 amide bonds. The number of fused-ring (bicyclic) bond motifs is 1. The fraction of sp³-hybridized carbons (Fsp3) is 0.0870. The molecule has 4 aromatic rings. The molecule has 0 saturated heterocycles. The monoisotopic (exact) mass is 370 g/mol. The van der Waals surface area contributed by atoms with E-state index in [4.69, 9.17) is 4.74 Å². The fourth-order valence-corrected chi connectivity index (χ4v) is 3.04. The second kappa shape index (κ2) is 7.88. The molecule has 1 heterocycles. The van der Waals surface area contributed by atoms with E-state index >= 15 is 0 Å². The number of esters is 1. The molecule has 0 unspecified atom stereocenters. The van der Waals surface area contributed by atoms with Crippen molar-refractivity contribution in [1.82, 2.24) is 9.78 Å². The average molecular weight is 370 g/mol. The van der Waals surface area contributed by atoms with Gasteiger partial charge >= 0.3 is 5.97 Å². The Morgan fingerprint density at radius 3 is 2.04 bits per heavy atom. The van der Waals surface area contributed by atoms with E-state index in [-0.39, 0.29) is 24.4 Å². The largest absolute Gasteiger partial charge is 0.456 e. The van der Waals surface area contributed by atoms with Crippen LogP contribution in [0, 0.1) is 0 Å². The first-order chi connectivity index (χ1) is 13.7. The van der Waals surface area contributed by atoms with Crippen molar-refractivity contribution >= 4 is 16.7 Å². The van der Waals surface area contributed by atoms with E-state index in [2.05, 4.69) is 5.10 Å². The number of nitrogens with zero attached hydrogens (tertiary/aromatic N) is 2. The number of hydrogen-bond acceptors (Lipinski definition) is 4. The Bertz CT molecular complexity index is 1170. The first-order valence-corrected chi connectivity index (χ1v) is 8.97. The van der Waals surface area contributed by atoms with Crippen LogP contribution in [0.5, 0.6) is 0 Å². The van der Waals surface area contributed by atoms with Crippen LogP contribution in [0.25, 0.3) is 10.8 Å². The highest BCUT2D eigenvalue weighted by molar-refractivity contribution is 6.02. The van der Waals surface area contributed by atoms with Crippen LogP contribution in [0.1, 0.15) is 21.6 Å². The van der Waals surface area contributed by atoms with Gasteiger partial charge in [-0.05, 0) is 17.2 Å². The van der Waals surface area contributed by atoms with Gasteiger partial charge in [-0.3, -0.25) is 4.79 Å². The average Bonchev–Trinajstić information content (AvgIpc) is 2.75. The molecule has 1 aromatic heterocycles. The minimum absolute atomic E-state index is 0.141. The minimum atomic E-state index is -0.554. The van der Waals surface area contributed by atoms with Gasteiger partial charge in [-0.25, -0.2) is 9.48 Å². The maximum atomic E-state index is 12.8. The third-order valence-corrected chi connectivity index (χ3v) is 4.45. The Morgan fingerprint density at radius 1 is 0.786 bits per heavy atom. The predicted octanol–water partition coefficient (Wildman–Crippen LogP) is 3.80. The molecule has 5 heteroatoms. The summed E-state index contributed by atoms with van der Waals surface area (Å²) in [6, 6.07) is 25.9. The van der Waals surface area contributed by atoms with Gasteiger partial charge in [0.2, 0.25) is 0 Å². The van der Waals surface area contributed by atoms with Gasteiger partial charge in [0.25, 0.3) is 5.56 Å². The summed E-state index contributed by atoms with van der Waals surface area (Å²) in [5.41, 5.74) is 1.72. The summed E-state index contributed by atoms with van der Waals surface area (Å²) in [6.07, 6.45) is 0. The Kier molecular flexibility index (Phi) is 4.97. The predicted molar refractivity (Wildman–Crippen MR) is 107 cm³/mol. The molecule has 138 valence electrons. The van der Waals surface area contributed by atoms with Gasteiger partial charge in [-0.1, -0.05) is 78.9 Å². The van der Waals surface area contributed by atoms with Crippen LogP contribution >= 0.6 is 0 Å². The molecule has 5 nitrogen and oxygen atoms in total.